The fourth-order valence-corrected chi connectivity index (χ4v) is 4.57. The van der Waals surface area contributed by atoms with Gasteiger partial charge in [0.05, 0.1) is 5.54 Å². The second-order valence-electron chi connectivity index (χ2n) is 7.09. The SMILES string of the molecule is CC(C)C(NS(=O)(=O)c1ccccc1F)c1nc(C2(N)CCCC2)no1. The maximum Gasteiger partial charge on any atom is 0.245 e. The van der Waals surface area contributed by atoms with Gasteiger partial charge in [0.15, 0.2) is 5.82 Å². The Kier molecular flexibility index (Phi) is 5.14. The van der Waals surface area contributed by atoms with Crippen LogP contribution in [0.3, 0.4) is 0 Å². The van der Waals surface area contributed by atoms with E-state index in [9.17, 15) is 12.8 Å². The summed E-state index contributed by atoms with van der Waals surface area (Å²) in [5, 5.41) is 3.97. The van der Waals surface area contributed by atoms with Crippen LogP contribution in [-0.2, 0) is 15.6 Å². The molecule has 0 saturated heterocycles. The molecular weight excluding hydrogens is 359 g/mol. The number of hydrogen-bond donors (Lipinski definition) is 2. The van der Waals surface area contributed by atoms with Crippen molar-refractivity contribution in [2.75, 3.05) is 0 Å². The minimum absolute atomic E-state index is 0.131. The zero-order chi connectivity index (χ0) is 18.9. The number of nitrogens with two attached hydrogens (primary N) is 1. The molecule has 1 heterocycles. The number of aromatic nitrogens is 2. The molecule has 1 saturated carbocycles. The van der Waals surface area contributed by atoms with Crippen LogP contribution < -0.4 is 10.5 Å². The lowest BCUT2D eigenvalue weighted by Gasteiger charge is -2.20. The summed E-state index contributed by atoms with van der Waals surface area (Å²) in [6.07, 6.45) is 3.51. The van der Waals surface area contributed by atoms with E-state index in [0.29, 0.717) is 5.82 Å². The molecule has 3 N–H and O–H groups in total. The first-order valence-electron chi connectivity index (χ1n) is 8.63. The maximum absolute atomic E-state index is 13.9. The second kappa shape index (κ2) is 7.05. The molecule has 1 aromatic heterocycles. The van der Waals surface area contributed by atoms with Gasteiger partial charge in [0.25, 0.3) is 0 Å². The normalized spacial score (nSPS) is 18.3. The van der Waals surface area contributed by atoms with Gasteiger partial charge in [-0.05, 0) is 30.9 Å². The summed E-state index contributed by atoms with van der Waals surface area (Å²) in [5.74, 6) is -0.491. The molecule has 1 aliphatic rings. The van der Waals surface area contributed by atoms with Crippen LogP contribution in [0.1, 0.15) is 57.3 Å². The summed E-state index contributed by atoms with van der Waals surface area (Å²) in [7, 11) is -4.09. The van der Waals surface area contributed by atoms with E-state index in [-0.39, 0.29) is 11.8 Å². The van der Waals surface area contributed by atoms with Gasteiger partial charge in [0.2, 0.25) is 15.9 Å². The summed E-state index contributed by atoms with van der Waals surface area (Å²) in [5.41, 5.74) is 5.70. The highest BCUT2D eigenvalue weighted by molar-refractivity contribution is 7.89. The van der Waals surface area contributed by atoms with Crippen LogP contribution in [0, 0.1) is 11.7 Å². The lowest BCUT2D eigenvalue weighted by Crippen LogP contribution is -2.35. The molecule has 26 heavy (non-hydrogen) atoms. The number of nitrogens with one attached hydrogen (secondary N) is 1. The van der Waals surface area contributed by atoms with E-state index in [1.807, 2.05) is 13.8 Å². The van der Waals surface area contributed by atoms with Crippen molar-refractivity contribution in [3.05, 3.63) is 41.8 Å². The first-order chi connectivity index (χ1) is 12.2. The monoisotopic (exact) mass is 382 g/mol. The summed E-state index contributed by atoms with van der Waals surface area (Å²) in [6, 6.07) is 4.42. The van der Waals surface area contributed by atoms with Gasteiger partial charge in [-0.1, -0.05) is 44.0 Å². The van der Waals surface area contributed by atoms with Gasteiger partial charge in [0, 0.05) is 0 Å². The van der Waals surface area contributed by atoms with Crippen molar-refractivity contribution in [2.45, 2.75) is 56.0 Å². The van der Waals surface area contributed by atoms with E-state index in [0.717, 1.165) is 31.7 Å². The number of rotatable bonds is 6. The van der Waals surface area contributed by atoms with Crippen LogP contribution in [0.25, 0.3) is 0 Å². The molecule has 142 valence electrons. The molecule has 1 fully saturated rings. The van der Waals surface area contributed by atoms with Gasteiger partial charge >= 0.3 is 0 Å². The Labute approximate surface area is 152 Å². The van der Waals surface area contributed by atoms with Crippen LogP contribution >= 0.6 is 0 Å². The minimum atomic E-state index is -4.09. The Morgan fingerprint density at radius 1 is 1.27 bits per heavy atom. The van der Waals surface area contributed by atoms with Crippen molar-refractivity contribution in [1.82, 2.24) is 14.9 Å². The molecule has 1 unspecified atom stereocenters. The predicted molar refractivity (Wildman–Crippen MR) is 92.9 cm³/mol. The second-order valence-corrected chi connectivity index (χ2v) is 8.78. The molecule has 1 aromatic carbocycles. The fraction of sp³-hybridized carbons (Fsp3) is 0.529. The Hall–Kier alpha value is -1.84. The van der Waals surface area contributed by atoms with Crippen molar-refractivity contribution in [2.24, 2.45) is 11.7 Å². The van der Waals surface area contributed by atoms with E-state index >= 15 is 0 Å². The van der Waals surface area contributed by atoms with E-state index in [1.165, 1.54) is 18.2 Å². The molecule has 3 rings (SSSR count). The average molecular weight is 382 g/mol. The third-order valence-electron chi connectivity index (χ3n) is 4.72. The highest BCUT2D eigenvalue weighted by Gasteiger charge is 2.38. The molecule has 0 aliphatic heterocycles. The average Bonchev–Trinajstić information content (AvgIpc) is 3.23. The highest BCUT2D eigenvalue weighted by Crippen LogP contribution is 2.35. The van der Waals surface area contributed by atoms with Gasteiger partial charge in [0.1, 0.15) is 16.8 Å². The molecule has 7 nitrogen and oxygen atoms in total. The van der Waals surface area contributed by atoms with E-state index in [2.05, 4.69) is 14.9 Å². The van der Waals surface area contributed by atoms with Crippen molar-refractivity contribution in [3.63, 3.8) is 0 Å². The number of sulfonamides is 1. The molecule has 0 bridgehead atoms. The highest BCUT2D eigenvalue weighted by atomic mass is 32.2. The molecule has 0 spiro atoms. The summed E-state index contributed by atoms with van der Waals surface area (Å²) in [4.78, 5) is 3.94. The zero-order valence-electron chi connectivity index (χ0n) is 14.8. The third-order valence-corrected chi connectivity index (χ3v) is 6.20. The molecule has 1 atom stereocenters. The van der Waals surface area contributed by atoms with Crippen molar-refractivity contribution in [1.29, 1.82) is 0 Å². The van der Waals surface area contributed by atoms with Crippen molar-refractivity contribution >= 4 is 10.0 Å². The van der Waals surface area contributed by atoms with E-state index in [4.69, 9.17) is 10.3 Å². The van der Waals surface area contributed by atoms with Gasteiger partial charge in [-0.25, -0.2) is 12.8 Å². The van der Waals surface area contributed by atoms with E-state index < -0.39 is 32.3 Å². The number of benzene rings is 1. The first kappa shape index (κ1) is 18.9. The first-order valence-corrected chi connectivity index (χ1v) is 10.1. The standard InChI is InChI=1S/C17H23FN4O3S/c1-11(2)14(22-26(23,24)13-8-4-3-7-12(13)18)15-20-16(21-25-15)17(19)9-5-6-10-17/h3-4,7-8,11,14,22H,5-6,9-10,19H2,1-2H3. The van der Waals surface area contributed by atoms with Gasteiger partial charge in [-0.2, -0.15) is 9.71 Å². The van der Waals surface area contributed by atoms with Crippen LogP contribution in [0.2, 0.25) is 0 Å². The van der Waals surface area contributed by atoms with Crippen LogP contribution in [0.15, 0.2) is 33.7 Å². The van der Waals surface area contributed by atoms with Crippen LogP contribution in [-0.4, -0.2) is 18.6 Å². The Balaban J connectivity index is 1.89. The Morgan fingerprint density at radius 2 is 1.92 bits per heavy atom. The molecule has 0 amide bonds. The number of nitrogens with zero attached hydrogens (tertiary/aromatic N) is 2. The Bertz CT molecular complexity index is 876. The fourth-order valence-electron chi connectivity index (χ4n) is 3.16. The summed E-state index contributed by atoms with van der Waals surface area (Å²) >= 11 is 0. The van der Waals surface area contributed by atoms with Crippen molar-refractivity contribution < 1.29 is 17.3 Å². The molecule has 9 heteroatoms. The van der Waals surface area contributed by atoms with Crippen molar-refractivity contribution in [3.8, 4) is 0 Å². The Morgan fingerprint density at radius 3 is 2.54 bits per heavy atom. The van der Waals surface area contributed by atoms with Gasteiger partial charge in [-0.3, -0.25) is 0 Å². The van der Waals surface area contributed by atoms with E-state index in [1.54, 1.807) is 0 Å². The van der Waals surface area contributed by atoms with Crippen LogP contribution in [0.5, 0.6) is 0 Å². The number of halogens is 1. The predicted octanol–water partition coefficient (Wildman–Crippen LogP) is 2.61. The number of hydrogen-bond acceptors (Lipinski definition) is 6. The molecule has 1 aliphatic carbocycles. The lowest BCUT2D eigenvalue weighted by molar-refractivity contribution is 0.302. The van der Waals surface area contributed by atoms with Crippen LogP contribution in [0.4, 0.5) is 4.39 Å². The zero-order valence-corrected chi connectivity index (χ0v) is 15.6. The smallest absolute Gasteiger partial charge is 0.245 e. The van der Waals surface area contributed by atoms with Gasteiger partial charge in [-0.15, -0.1) is 0 Å². The summed E-state index contributed by atoms with van der Waals surface area (Å²) in [6.45, 7) is 3.62. The summed E-state index contributed by atoms with van der Waals surface area (Å²) < 4.78 is 46.9. The largest absolute Gasteiger partial charge is 0.337 e. The topological polar surface area (TPSA) is 111 Å². The molecule has 2 aromatic rings. The van der Waals surface area contributed by atoms with Gasteiger partial charge < -0.3 is 10.3 Å². The molecule has 0 radical (unpaired) electrons. The quantitative estimate of drug-likeness (QED) is 0.794. The third kappa shape index (κ3) is 3.65. The lowest BCUT2D eigenvalue weighted by atomic mass is 9.98. The minimum Gasteiger partial charge on any atom is -0.337 e. The molecular formula is C17H23FN4O3S. The maximum atomic E-state index is 13.9.